The fourth-order valence-corrected chi connectivity index (χ4v) is 3.08. The quantitative estimate of drug-likeness (QED) is 0.520. The molecule has 3 aromatic rings. The molecule has 0 bridgehead atoms. The van der Waals surface area contributed by atoms with Gasteiger partial charge in [-0.3, -0.25) is 0 Å². The normalized spacial score (nSPS) is 11.9. The maximum absolute atomic E-state index is 12.9. The predicted octanol–water partition coefficient (Wildman–Crippen LogP) is 5.11. The van der Waals surface area contributed by atoms with E-state index in [0.29, 0.717) is 11.3 Å². The van der Waals surface area contributed by atoms with Crippen molar-refractivity contribution in [3.63, 3.8) is 0 Å². The lowest BCUT2D eigenvalue weighted by Gasteiger charge is -2.07. The number of hydrogen-bond acceptors (Lipinski definition) is 4. The molecule has 2 heterocycles. The molecule has 1 N–H and O–H groups in total. The summed E-state index contributed by atoms with van der Waals surface area (Å²) in [4.78, 5) is 7.14. The van der Waals surface area contributed by atoms with Gasteiger partial charge in [-0.15, -0.1) is 11.3 Å². The van der Waals surface area contributed by atoms with Crippen LogP contribution in [0.15, 0.2) is 30.3 Å². The molecule has 0 aliphatic carbocycles. The van der Waals surface area contributed by atoms with Gasteiger partial charge in [-0.25, -0.2) is 14.4 Å². The summed E-state index contributed by atoms with van der Waals surface area (Å²) in [7, 11) is 0. The number of halogens is 5. The van der Waals surface area contributed by atoms with E-state index in [9.17, 15) is 17.6 Å². The zero-order valence-corrected chi connectivity index (χ0v) is 12.9. The lowest BCUT2D eigenvalue weighted by molar-refractivity contribution is -0.134. The minimum atomic E-state index is -4.45. The van der Waals surface area contributed by atoms with Gasteiger partial charge in [-0.1, -0.05) is 12.1 Å². The SMILES string of the molecule is Fc1ccc(CNc2nc(Cl)nc3sc(C(F)(F)F)cc23)cc1. The molecular formula is C14H8ClF4N3S. The van der Waals surface area contributed by atoms with Crippen molar-refractivity contribution in [2.75, 3.05) is 5.32 Å². The number of thiophene rings is 1. The Morgan fingerprint density at radius 1 is 1.13 bits per heavy atom. The Balaban J connectivity index is 1.93. The lowest BCUT2D eigenvalue weighted by atomic mass is 10.2. The summed E-state index contributed by atoms with van der Waals surface area (Å²) < 4.78 is 51.3. The first kappa shape index (κ1) is 15.9. The number of hydrogen-bond donors (Lipinski definition) is 1. The Morgan fingerprint density at radius 3 is 2.48 bits per heavy atom. The van der Waals surface area contributed by atoms with Gasteiger partial charge in [0.2, 0.25) is 5.28 Å². The van der Waals surface area contributed by atoms with E-state index in [4.69, 9.17) is 11.6 Å². The summed E-state index contributed by atoms with van der Waals surface area (Å²) in [6.45, 7) is 0.264. The first-order valence-electron chi connectivity index (χ1n) is 6.35. The summed E-state index contributed by atoms with van der Waals surface area (Å²) in [6.07, 6.45) is -4.45. The second-order valence-corrected chi connectivity index (χ2v) is 6.02. The molecule has 0 saturated heterocycles. The summed E-state index contributed by atoms with van der Waals surface area (Å²) in [5.41, 5.74) is 0.751. The van der Waals surface area contributed by atoms with Crippen molar-refractivity contribution >= 4 is 39.0 Å². The van der Waals surface area contributed by atoms with Crippen molar-refractivity contribution < 1.29 is 17.6 Å². The molecule has 120 valence electrons. The smallest absolute Gasteiger partial charge is 0.365 e. The van der Waals surface area contributed by atoms with E-state index >= 15 is 0 Å². The third-order valence-corrected chi connectivity index (χ3v) is 4.26. The van der Waals surface area contributed by atoms with Crippen LogP contribution in [0.1, 0.15) is 10.4 Å². The second kappa shape index (κ2) is 5.93. The van der Waals surface area contributed by atoms with Crippen LogP contribution in [0.25, 0.3) is 10.2 Å². The third-order valence-electron chi connectivity index (χ3n) is 3.02. The van der Waals surface area contributed by atoms with E-state index in [0.717, 1.165) is 11.6 Å². The molecule has 23 heavy (non-hydrogen) atoms. The molecule has 0 aliphatic rings. The maximum atomic E-state index is 12.9. The molecule has 0 aliphatic heterocycles. The zero-order valence-electron chi connectivity index (χ0n) is 11.3. The summed E-state index contributed by atoms with van der Waals surface area (Å²) in [6, 6.07) is 6.72. The van der Waals surface area contributed by atoms with E-state index in [1.165, 1.54) is 12.1 Å². The Bertz CT molecular complexity index is 846. The molecule has 1 aromatic carbocycles. The molecule has 0 saturated carbocycles. The molecule has 9 heteroatoms. The monoisotopic (exact) mass is 361 g/mol. The molecule has 0 amide bonds. The van der Waals surface area contributed by atoms with E-state index in [1.54, 1.807) is 12.1 Å². The van der Waals surface area contributed by atoms with Gasteiger partial charge in [0.05, 0.1) is 5.39 Å². The summed E-state index contributed by atoms with van der Waals surface area (Å²) in [5.74, 6) is -0.162. The number of nitrogens with one attached hydrogen (secondary N) is 1. The fourth-order valence-electron chi connectivity index (χ4n) is 1.96. The van der Waals surface area contributed by atoms with Crippen LogP contribution >= 0.6 is 22.9 Å². The number of rotatable bonds is 3. The van der Waals surface area contributed by atoms with Crippen LogP contribution in [0.4, 0.5) is 23.4 Å². The van der Waals surface area contributed by atoms with Gasteiger partial charge in [0.15, 0.2) is 0 Å². The summed E-state index contributed by atoms with van der Waals surface area (Å²) >= 11 is 6.27. The van der Waals surface area contributed by atoms with Crippen LogP contribution in [0.3, 0.4) is 0 Å². The van der Waals surface area contributed by atoms with E-state index in [1.807, 2.05) is 0 Å². The largest absolute Gasteiger partial charge is 0.425 e. The Labute approximate surface area is 136 Å². The Morgan fingerprint density at radius 2 is 1.83 bits per heavy atom. The highest BCUT2D eigenvalue weighted by atomic mass is 35.5. The number of anilines is 1. The van der Waals surface area contributed by atoms with Crippen molar-refractivity contribution in [1.29, 1.82) is 0 Å². The van der Waals surface area contributed by atoms with Crippen LogP contribution in [0.5, 0.6) is 0 Å². The Hall–Kier alpha value is -1.93. The van der Waals surface area contributed by atoms with E-state index in [-0.39, 0.29) is 33.7 Å². The van der Waals surface area contributed by atoms with Gasteiger partial charge in [0.1, 0.15) is 21.3 Å². The predicted molar refractivity (Wildman–Crippen MR) is 81.2 cm³/mol. The van der Waals surface area contributed by atoms with Crippen LogP contribution in [0, 0.1) is 5.82 Å². The van der Waals surface area contributed by atoms with Gasteiger partial charge in [-0.05, 0) is 35.4 Å². The molecule has 3 rings (SSSR count). The maximum Gasteiger partial charge on any atom is 0.425 e. The molecule has 0 fully saturated rings. The van der Waals surface area contributed by atoms with Gasteiger partial charge >= 0.3 is 6.18 Å². The van der Waals surface area contributed by atoms with Crippen molar-refractivity contribution in [2.45, 2.75) is 12.7 Å². The minimum Gasteiger partial charge on any atom is -0.365 e. The number of alkyl halides is 3. The second-order valence-electron chi connectivity index (χ2n) is 4.65. The van der Waals surface area contributed by atoms with Crippen molar-refractivity contribution in [3.05, 3.63) is 51.9 Å². The fraction of sp³-hybridized carbons (Fsp3) is 0.143. The number of fused-ring (bicyclic) bond motifs is 1. The van der Waals surface area contributed by atoms with Crippen LogP contribution < -0.4 is 5.32 Å². The average molecular weight is 362 g/mol. The number of nitrogens with zero attached hydrogens (tertiary/aromatic N) is 2. The molecule has 2 aromatic heterocycles. The summed E-state index contributed by atoms with van der Waals surface area (Å²) in [5, 5.41) is 3.01. The van der Waals surface area contributed by atoms with Gasteiger partial charge in [0, 0.05) is 6.54 Å². The molecule has 0 atom stereocenters. The third kappa shape index (κ3) is 3.53. The molecule has 0 unspecified atom stereocenters. The first-order valence-corrected chi connectivity index (χ1v) is 7.55. The van der Waals surface area contributed by atoms with Crippen molar-refractivity contribution in [1.82, 2.24) is 9.97 Å². The molecular weight excluding hydrogens is 354 g/mol. The topological polar surface area (TPSA) is 37.8 Å². The number of benzene rings is 1. The zero-order chi connectivity index (χ0) is 16.6. The average Bonchev–Trinajstić information content (AvgIpc) is 2.90. The molecule has 0 spiro atoms. The highest BCUT2D eigenvalue weighted by Gasteiger charge is 2.33. The van der Waals surface area contributed by atoms with Gasteiger partial charge < -0.3 is 5.32 Å². The Kier molecular flexibility index (Phi) is 4.11. The lowest BCUT2D eigenvalue weighted by Crippen LogP contribution is -2.03. The first-order chi connectivity index (χ1) is 10.8. The van der Waals surface area contributed by atoms with Crippen molar-refractivity contribution in [2.24, 2.45) is 0 Å². The van der Waals surface area contributed by atoms with Crippen molar-refractivity contribution in [3.8, 4) is 0 Å². The molecule has 3 nitrogen and oxygen atoms in total. The van der Waals surface area contributed by atoms with Crippen LogP contribution in [-0.2, 0) is 12.7 Å². The highest BCUT2D eigenvalue weighted by molar-refractivity contribution is 7.18. The highest BCUT2D eigenvalue weighted by Crippen LogP contribution is 2.39. The molecule has 0 radical (unpaired) electrons. The minimum absolute atomic E-state index is 0.144. The van der Waals surface area contributed by atoms with Crippen LogP contribution in [0.2, 0.25) is 5.28 Å². The van der Waals surface area contributed by atoms with Gasteiger partial charge in [-0.2, -0.15) is 13.2 Å². The number of aromatic nitrogens is 2. The van der Waals surface area contributed by atoms with Gasteiger partial charge in [0.25, 0.3) is 0 Å². The van der Waals surface area contributed by atoms with E-state index < -0.39 is 11.1 Å². The van der Waals surface area contributed by atoms with E-state index in [2.05, 4.69) is 15.3 Å². The van der Waals surface area contributed by atoms with Crippen LogP contribution in [-0.4, -0.2) is 9.97 Å². The standard InChI is InChI=1S/C14H8ClF4N3S/c15-13-21-11(20-6-7-1-3-8(16)4-2-7)9-5-10(14(17,18)19)23-12(9)22-13/h1-5H,6H2,(H,20,21,22).